The second kappa shape index (κ2) is 9.78. The molecule has 0 spiro atoms. The topological polar surface area (TPSA) is 113 Å². The average Bonchev–Trinajstić information content (AvgIpc) is 3.04. The van der Waals surface area contributed by atoms with Crippen molar-refractivity contribution in [2.24, 2.45) is 5.92 Å². The SMILES string of the molecule is COc1c(C)c2c(c(O)c1CC=C(C)CCCC(C)C(O)CC(=O)O)C(=O)OC2. The van der Waals surface area contributed by atoms with Crippen LogP contribution in [0.3, 0.4) is 0 Å². The molecule has 0 amide bonds. The Bertz CT molecular complexity index is 810. The number of carboxylic acids is 1. The third-order valence-corrected chi connectivity index (χ3v) is 5.57. The van der Waals surface area contributed by atoms with Crippen molar-refractivity contribution < 1.29 is 34.4 Å². The lowest BCUT2D eigenvalue weighted by Crippen LogP contribution is -2.21. The lowest BCUT2D eigenvalue weighted by molar-refractivity contribution is -0.139. The molecule has 1 aromatic carbocycles. The Kier molecular flexibility index (Phi) is 7.67. The van der Waals surface area contributed by atoms with Crippen LogP contribution in [0.1, 0.15) is 66.6 Å². The number of hydrogen-bond acceptors (Lipinski definition) is 6. The van der Waals surface area contributed by atoms with E-state index in [1.165, 1.54) is 7.11 Å². The van der Waals surface area contributed by atoms with Crippen LogP contribution >= 0.6 is 0 Å². The fourth-order valence-corrected chi connectivity index (χ4v) is 3.68. The largest absolute Gasteiger partial charge is 0.507 e. The molecule has 0 saturated heterocycles. The Morgan fingerprint density at radius 1 is 1.38 bits per heavy atom. The highest BCUT2D eigenvalue weighted by Gasteiger charge is 2.31. The third kappa shape index (κ3) is 5.29. The molecule has 1 aliphatic heterocycles. The van der Waals surface area contributed by atoms with Crippen molar-refractivity contribution in [3.8, 4) is 11.5 Å². The maximum absolute atomic E-state index is 12.0. The minimum Gasteiger partial charge on any atom is -0.507 e. The summed E-state index contributed by atoms with van der Waals surface area (Å²) in [6.07, 6.45) is 3.65. The van der Waals surface area contributed by atoms with Gasteiger partial charge in [-0.25, -0.2) is 4.79 Å². The van der Waals surface area contributed by atoms with E-state index in [4.69, 9.17) is 14.6 Å². The van der Waals surface area contributed by atoms with Gasteiger partial charge in [0.05, 0.1) is 19.6 Å². The highest BCUT2D eigenvalue weighted by Crippen LogP contribution is 2.42. The van der Waals surface area contributed by atoms with E-state index in [1.807, 2.05) is 26.8 Å². The molecule has 0 aromatic heterocycles. The molecule has 2 atom stereocenters. The van der Waals surface area contributed by atoms with Gasteiger partial charge in [0.2, 0.25) is 0 Å². The Morgan fingerprint density at radius 3 is 2.69 bits per heavy atom. The summed E-state index contributed by atoms with van der Waals surface area (Å²) in [5.74, 6) is -1.12. The Balaban J connectivity index is 2.04. The summed E-state index contributed by atoms with van der Waals surface area (Å²) in [6, 6.07) is 0. The number of phenolic OH excluding ortho intramolecular Hbond substituents is 1. The number of aliphatic hydroxyl groups excluding tert-OH is 1. The maximum Gasteiger partial charge on any atom is 0.342 e. The van der Waals surface area contributed by atoms with E-state index in [-0.39, 0.29) is 30.3 Å². The number of methoxy groups -OCH3 is 1. The number of benzene rings is 1. The van der Waals surface area contributed by atoms with Crippen LogP contribution in [-0.4, -0.2) is 40.5 Å². The molecule has 29 heavy (non-hydrogen) atoms. The van der Waals surface area contributed by atoms with E-state index in [1.54, 1.807) is 0 Å². The van der Waals surface area contributed by atoms with Gasteiger partial charge in [-0.15, -0.1) is 0 Å². The van der Waals surface area contributed by atoms with E-state index in [2.05, 4.69) is 0 Å². The predicted molar refractivity (Wildman–Crippen MR) is 107 cm³/mol. The number of fused-ring (bicyclic) bond motifs is 1. The van der Waals surface area contributed by atoms with E-state index >= 15 is 0 Å². The van der Waals surface area contributed by atoms with Crippen molar-refractivity contribution in [2.75, 3.05) is 7.11 Å². The van der Waals surface area contributed by atoms with Gasteiger partial charge in [0.25, 0.3) is 0 Å². The van der Waals surface area contributed by atoms with Gasteiger partial charge in [0.15, 0.2) is 0 Å². The zero-order chi connectivity index (χ0) is 21.7. The number of phenols is 1. The fraction of sp³-hybridized carbons (Fsp3) is 0.545. The predicted octanol–water partition coefficient (Wildman–Crippen LogP) is 3.51. The maximum atomic E-state index is 12.0. The van der Waals surface area contributed by atoms with Crippen LogP contribution in [0.2, 0.25) is 0 Å². The van der Waals surface area contributed by atoms with Gasteiger partial charge in [-0.05, 0) is 51.0 Å². The van der Waals surface area contributed by atoms with Crippen molar-refractivity contribution in [3.63, 3.8) is 0 Å². The monoisotopic (exact) mass is 406 g/mol. The van der Waals surface area contributed by atoms with Crippen LogP contribution in [0.4, 0.5) is 0 Å². The highest BCUT2D eigenvalue weighted by atomic mass is 16.5. The van der Waals surface area contributed by atoms with Gasteiger partial charge in [-0.1, -0.05) is 18.6 Å². The van der Waals surface area contributed by atoms with Gasteiger partial charge in [-0.3, -0.25) is 4.79 Å². The van der Waals surface area contributed by atoms with Crippen LogP contribution in [-0.2, 0) is 22.6 Å². The summed E-state index contributed by atoms with van der Waals surface area (Å²) in [5.41, 5.74) is 3.36. The number of aliphatic carboxylic acids is 1. The zero-order valence-electron chi connectivity index (χ0n) is 17.4. The normalized spacial score (nSPS) is 15.6. The molecule has 0 bridgehead atoms. The van der Waals surface area contributed by atoms with Gasteiger partial charge in [0.1, 0.15) is 23.7 Å². The molecule has 7 heteroatoms. The first-order chi connectivity index (χ1) is 13.7. The first kappa shape index (κ1) is 22.7. The molecule has 1 heterocycles. The molecule has 1 aromatic rings. The van der Waals surface area contributed by atoms with Crippen LogP contribution in [0.25, 0.3) is 0 Å². The number of esters is 1. The Labute approximate surface area is 171 Å². The smallest absolute Gasteiger partial charge is 0.342 e. The van der Waals surface area contributed by atoms with Crippen molar-refractivity contribution in [2.45, 2.75) is 65.6 Å². The quantitative estimate of drug-likeness (QED) is 0.402. The third-order valence-electron chi connectivity index (χ3n) is 5.57. The number of aromatic hydroxyl groups is 1. The van der Waals surface area contributed by atoms with Crippen molar-refractivity contribution in [1.29, 1.82) is 0 Å². The number of aliphatic hydroxyl groups is 1. The summed E-state index contributed by atoms with van der Waals surface area (Å²) in [4.78, 5) is 22.6. The van der Waals surface area contributed by atoms with Gasteiger partial charge >= 0.3 is 11.9 Å². The molecule has 0 aliphatic carbocycles. The Morgan fingerprint density at radius 2 is 2.07 bits per heavy atom. The van der Waals surface area contributed by atoms with Gasteiger partial charge < -0.3 is 24.8 Å². The zero-order valence-corrected chi connectivity index (χ0v) is 17.4. The van der Waals surface area contributed by atoms with E-state index < -0.39 is 18.0 Å². The number of cyclic esters (lactones) is 1. The molecule has 0 fully saturated rings. The van der Waals surface area contributed by atoms with Gasteiger partial charge in [0, 0.05) is 11.1 Å². The van der Waals surface area contributed by atoms with Crippen molar-refractivity contribution in [3.05, 3.63) is 33.9 Å². The average molecular weight is 406 g/mol. The number of ether oxygens (including phenoxy) is 2. The molecule has 3 N–H and O–H groups in total. The molecule has 0 saturated carbocycles. The van der Waals surface area contributed by atoms with Crippen LogP contribution < -0.4 is 4.74 Å². The number of hydrogen-bond donors (Lipinski definition) is 3. The summed E-state index contributed by atoms with van der Waals surface area (Å²) in [6.45, 7) is 5.83. The summed E-state index contributed by atoms with van der Waals surface area (Å²) in [5, 5.41) is 29.2. The standard InChI is InChI=1S/C22H30O7/c1-12(6-5-7-13(2)17(23)10-18(24)25)8-9-15-20(26)19-16(11-29-22(19)27)14(3)21(15)28-4/h8,13,17,23,26H,5-7,9-11H2,1-4H3,(H,24,25). The minimum atomic E-state index is -0.997. The Hall–Kier alpha value is -2.54. The van der Waals surface area contributed by atoms with Crippen LogP contribution in [0.5, 0.6) is 11.5 Å². The first-order valence-corrected chi connectivity index (χ1v) is 9.81. The highest BCUT2D eigenvalue weighted by molar-refractivity contribution is 5.98. The summed E-state index contributed by atoms with van der Waals surface area (Å²) >= 11 is 0. The second-order valence-electron chi connectivity index (χ2n) is 7.70. The number of carboxylic acid groups (broad SMARTS) is 1. The van der Waals surface area contributed by atoms with Gasteiger partial charge in [-0.2, -0.15) is 0 Å². The molecule has 160 valence electrons. The first-order valence-electron chi connectivity index (χ1n) is 9.81. The number of carbonyl (C=O) groups is 2. The second-order valence-corrected chi connectivity index (χ2v) is 7.70. The molecule has 0 radical (unpaired) electrons. The summed E-state index contributed by atoms with van der Waals surface area (Å²) in [7, 11) is 1.54. The molecule has 2 unspecified atom stereocenters. The van der Waals surface area contributed by atoms with E-state index in [0.29, 0.717) is 23.3 Å². The van der Waals surface area contributed by atoms with Crippen molar-refractivity contribution >= 4 is 11.9 Å². The van der Waals surface area contributed by atoms with E-state index in [9.17, 15) is 19.8 Å². The molecule has 1 aliphatic rings. The molecular formula is C22H30O7. The number of allylic oxidation sites excluding steroid dienone is 2. The number of rotatable bonds is 10. The lowest BCUT2D eigenvalue weighted by atomic mass is 9.93. The van der Waals surface area contributed by atoms with E-state index in [0.717, 1.165) is 30.4 Å². The number of carbonyl (C=O) groups excluding carboxylic acids is 1. The van der Waals surface area contributed by atoms with Crippen LogP contribution in [0.15, 0.2) is 11.6 Å². The minimum absolute atomic E-state index is 0.0839. The molecule has 2 rings (SSSR count). The molecular weight excluding hydrogens is 376 g/mol. The molecule has 7 nitrogen and oxygen atoms in total. The van der Waals surface area contributed by atoms with Crippen LogP contribution in [0, 0.1) is 12.8 Å². The lowest BCUT2D eigenvalue weighted by Gasteiger charge is -2.17. The summed E-state index contributed by atoms with van der Waals surface area (Å²) < 4.78 is 10.5. The van der Waals surface area contributed by atoms with Crippen molar-refractivity contribution in [1.82, 2.24) is 0 Å². The fourth-order valence-electron chi connectivity index (χ4n) is 3.68.